The second kappa shape index (κ2) is 6.62. The van der Waals surface area contributed by atoms with E-state index in [2.05, 4.69) is 70.2 Å². The summed E-state index contributed by atoms with van der Waals surface area (Å²) in [7, 11) is 0. The third kappa shape index (κ3) is 4.67. The zero-order valence-corrected chi connectivity index (χ0v) is 14.2. The molecule has 0 spiro atoms. The third-order valence-electron chi connectivity index (χ3n) is 3.52. The largest absolute Gasteiger partial charge is 0.368 e. The Morgan fingerprint density at radius 2 is 1.68 bits per heavy atom. The first-order valence-corrected chi connectivity index (χ1v) is 7.78. The Labute approximate surface area is 132 Å². The molecule has 0 atom stereocenters. The van der Waals surface area contributed by atoms with E-state index in [-0.39, 0.29) is 11.5 Å². The minimum atomic E-state index is -0.0928. The van der Waals surface area contributed by atoms with Gasteiger partial charge in [-0.25, -0.2) is 5.43 Å². The predicted octanol–water partition coefficient (Wildman–Crippen LogP) is 0.699. The van der Waals surface area contributed by atoms with E-state index < -0.39 is 0 Å². The molecule has 0 radical (unpaired) electrons. The van der Waals surface area contributed by atoms with Crippen LogP contribution >= 0.6 is 0 Å². The van der Waals surface area contributed by atoms with Crippen molar-refractivity contribution in [3.05, 3.63) is 0 Å². The average molecular weight is 308 g/mol. The summed E-state index contributed by atoms with van der Waals surface area (Å²) in [6, 6.07) is 0.568. The molecule has 0 bridgehead atoms. The molecule has 124 valence electrons. The van der Waals surface area contributed by atoms with Gasteiger partial charge in [0.15, 0.2) is 0 Å². The van der Waals surface area contributed by atoms with Gasteiger partial charge in [-0.15, -0.1) is 0 Å². The summed E-state index contributed by atoms with van der Waals surface area (Å²) in [5.41, 5.74) is 11.9. The number of piperazine rings is 1. The summed E-state index contributed by atoms with van der Waals surface area (Å²) in [6.45, 7) is 14.4. The Morgan fingerprint density at radius 3 is 2.23 bits per heavy atom. The molecule has 1 aromatic rings. The van der Waals surface area contributed by atoms with Crippen molar-refractivity contribution in [2.45, 2.75) is 46.2 Å². The highest BCUT2D eigenvalue weighted by atomic mass is 15.5. The second-order valence-electron chi connectivity index (χ2n) is 6.93. The van der Waals surface area contributed by atoms with Crippen molar-refractivity contribution in [3.8, 4) is 0 Å². The Hall–Kier alpha value is -1.67. The molecule has 8 heteroatoms. The van der Waals surface area contributed by atoms with Crippen LogP contribution in [0.3, 0.4) is 0 Å². The topological polar surface area (TPSA) is 95.2 Å². The molecule has 22 heavy (non-hydrogen) atoms. The van der Waals surface area contributed by atoms with Gasteiger partial charge in [0.2, 0.25) is 17.8 Å². The summed E-state index contributed by atoms with van der Waals surface area (Å²) in [6.07, 6.45) is 0. The molecule has 8 nitrogen and oxygen atoms in total. The second-order valence-corrected chi connectivity index (χ2v) is 6.93. The number of nitrogen functional groups attached to an aromatic ring is 1. The van der Waals surface area contributed by atoms with Crippen molar-refractivity contribution in [1.29, 1.82) is 0 Å². The summed E-state index contributed by atoms with van der Waals surface area (Å²) in [5.74, 6) is 1.31. The fourth-order valence-electron chi connectivity index (χ4n) is 2.26. The number of rotatable bonds is 4. The van der Waals surface area contributed by atoms with Gasteiger partial charge in [0, 0.05) is 37.8 Å². The Kier molecular flexibility index (Phi) is 5.02. The van der Waals surface area contributed by atoms with Gasteiger partial charge in [0.05, 0.1) is 0 Å². The lowest BCUT2D eigenvalue weighted by molar-refractivity contribution is 0.208. The van der Waals surface area contributed by atoms with Gasteiger partial charge in [-0.2, -0.15) is 15.0 Å². The van der Waals surface area contributed by atoms with Crippen molar-refractivity contribution in [2.75, 3.05) is 42.2 Å². The van der Waals surface area contributed by atoms with Crippen LogP contribution in [0.15, 0.2) is 0 Å². The molecule has 0 amide bonds. The molecule has 1 saturated heterocycles. The lowest BCUT2D eigenvalue weighted by Crippen LogP contribution is -2.49. The Bertz CT molecular complexity index is 488. The van der Waals surface area contributed by atoms with E-state index in [0.29, 0.717) is 17.9 Å². The van der Waals surface area contributed by atoms with Crippen LogP contribution in [0, 0.1) is 0 Å². The number of hydrazine groups is 1. The molecule has 1 aromatic heterocycles. The molecule has 0 aromatic carbocycles. The number of nitrogens with zero attached hydrogens (tertiary/aromatic N) is 5. The zero-order valence-electron chi connectivity index (χ0n) is 14.2. The van der Waals surface area contributed by atoms with E-state index in [4.69, 9.17) is 5.73 Å². The highest BCUT2D eigenvalue weighted by Crippen LogP contribution is 2.15. The lowest BCUT2D eigenvalue weighted by Gasteiger charge is -2.36. The van der Waals surface area contributed by atoms with E-state index in [0.717, 1.165) is 26.2 Å². The summed E-state index contributed by atoms with van der Waals surface area (Å²) in [5, 5.41) is 0. The molecule has 0 saturated carbocycles. The molecule has 4 N–H and O–H groups in total. The molecule has 0 aliphatic carbocycles. The van der Waals surface area contributed by atoms with Gasteiger partial charge in [0.25, 0.3) is 0 Å². The van der Waals surface area contributed by atoms with Crippen molar-refractivity contribution >= 4 is 17.8 Å². The van der Waals surface area contributed by atoms with Crippen LogP contribution in [0.2, 0.25) is 0 Å². The maximum atomic E-state index is 5.81. The highest BCUT2D eigenvalue weighted by molar-refractivity contribution is 5.41. The molecule has 0 unspecified atom stereocenters. The third-order valence-corrected chi connectivity index (χ3v) is 3.52. The van der Waals surface area contributed by atoms with Crippen LogP contribution in [-0.4, -0.2) is 57.6 Å². The quantitative estimate of drug-likeness (QED) is 0.700. The smallest absolute Gasteiger partial charge is 0.243 e. The first-order chi connectivity index (χ1) is 10.2. The van der Waals surface area contributed by atoms with Crippen LogP contribution in [0.5, 0.6) is 0 Å². The van der Waals surface area contributed by atoms with Crippen molar-refractivity contribution in [2.24, 2.45) is 0 Å². The van der Waals surface area contributed by atoms with Crippen LogP contribution in [-0.2, 0) is 0 Å². The molecule has 1 aliphatic rings. The van der Waals surface area contributed by atoms with E-state index in [1.807, 2.05) is 0 Å². The first kappa shape index (κ1) is 16.7. The van der Waals surface area contributed by atoms with Crippen LogP contribution in [0.4, 0.5) is 17.8 Å². The Morgan fingerprint density at radius 1 is 1.05 bits per heavy atom. The minimum Gasteiger partial charge on any atom is -0.368 e. The number of aromatic nitrogens is 3. The Balaban J connectivity index is 2.04. The SMILES string of the molecule is CC(C)N1CCN(c2nc(N)nc(NNC(C)(C)C)n2)CC1. The monoisotopic (exact) mass is 308 g/mol. The maximum Gasteiger partial charge on any atom is 0.243 e. The molecule has 2 rings (SSSR count). The van der Waals surface area contributed by atoms with Gasteiger partial charge in [-0.1, -0.05) is 0 Å². The number of nitrogens with two attached hydrogens (primary N) is 1. The van der Waals surface area contributed by atoms with Crippen LogP contribution in [0.25, 0.3) is 0 Å². The van der Waals surface area contributed by atoms with Gasteiger partial charge < -0.3 is 10.6 Å². The molecule has 1 aliphatic heterocycles. The van der Waals surface area contributed by atoms with Crippen molar-refractivity contribution in [1.82, 2.24) is 25.3 Å². The zero-order chi connectivity index (χ0) is 16.3. The highest BCUT2D eigenvalue weighted by Gasteiger charge is 2.21. The van der Waals surface area contributed by atoms with Crippen molar-refractivity contribution in [3.63, 3.8) is 0 Å². The van der Waals surface area contributed by atoms with Crippen LogP contribution in [0.1, 0.15) is 34.6 Å². The number of hydrogen-bond donors (Lipinski definition) is 3. The summed E-state index contributed by atoms with van der Waals surface area (Å²) in [4.78, 5) is 17.4. The minimum absolute atomic E-state index is 0.0928. The van der Waals surface area contributed by atoms with Gasteiger partial charge in [-0.3, -0.25) is 10.3 Å². The fourth-order valence-corrected chi connectivity index (χ4v) is 2.26. The normalized spacial score (nSPS) is 17.1. The standard InChI is InChI=1S/C14H28N8/c1-10(2)21-6-8-22(9-7-21)13-17-11(15)16-12(18-13)19-20-14(3,4)5/h10,20H,6-9H2,1-5H3,(H3,15,16,17,18,19). The summed E-state index contributed by atoms with van der Waals surface area (Å²) >= 11 is 0. The maximum absolute atomic E-state index is 5.81. The lowest BCUT2D eigenvalue weighted by atomic mass is 10.1. The fraction of sp³-hybridized carbons (Fsp3) is 0.786. The summed E-state index contributed by atoms with van der Waals surface area (Å²) < 4.78 is 0. The average Bonchev–Trinajstić information content (AvgIpc) is 2.44. The molecule has 1 fully saturated rings. The number of anilines is 3. The van der Waals surface area contributed by atoms with Gasteiger partial charge in [-0.05, 0) is 34.6 Å². The van der Waals surface area contributed by atoms with E-state index in [9.17, 15) is 0 Å². The van der Waals surface area contributed by atoms with E-state index in [1.54, 1.807) is 0 Å². The van der Waals surface area contributed by atoms with Crippen LogP contribution < -0.4 is 21.5 Å². The molecular weight excluding hydrogens is 280 g/mol. The van der Waals surface area contributed by atoms with E-state index in [1.165, 1.54) is 0 Å². The van der Waals surface area contributed by atoms with Crippen molar-refractivity contribution < 1.29 is 0 Å². The van der Waals surface area contributed by atoms with E-state index >= 15 is 0 Å². The van der Waals surface area contributed by atoms with Gasteiger partial charge >= 0.3 is 0 Å². The molecule has 2 heterocycles. The first-order valence-electron chi connectivity index (χ1n) is 7.78. The number of hydrogen-bond acceptors (Lipinski definition) is 8. The van der Waals surface area contributed by atoms with Gasteiger partial charge in [0.1, 0.15) is 0 Å². The predicted molar refractivity (Wildman–Crippen MR) is 89.7 cm³/mol. The molecular formula is C14H28N8. The number of nitrogens with one attached hydrogen (secondary N) is 2.